The van der Waals surface area contributed by atoms with Gasteiger partial charge >= 0.3 is 0 Å². The SMILES string of the molecule is CCNC(COC)c1c(F)cc(F)cc1F. The van der Waals surface area contributed by atoms with E-state index in [-0.39, 0.29) is 12.2 Å². The first-order chi connectivity index (χ1) is 7.60. The maximum Gasteiger partial charge on any atom is 0.133 e. The van der Waals surface area contributed by atoms with E-state index in [4.69, 9.17) is 4.74 Å². The van der Waals surface area contributed by atoms with Gasteiger partial charge < -0.3 is 10.1 Å². The molecule has 1 rings (SSSR count). The van der Waals surface area contributed by atoms with Gasteiger partial charge in [-0.3, -0.25) is 0 Å². The number of ether oxygens (including phenoxy) is 1. The molecule has 0 fully saturated rings. The number of hydrogen-bond acceptors (Lipinski definition) is 2. The smallest absolute Gasteiger partial charge is 0.133 e. The molecular weight excluding hydrogens is 219 g/mol. The highest BCUT2D eigenvalue weighted by Gasteiger charge is 2.20. The average Bonchev–Trinajstić information content (AvgIpc) is 2.16. The minimum atomic E-state index is -0.925. The number of rotatable bonds is 5. The first-order valence-electron chi connectivity index (χ1n) is 4.96. The zero-order chi connectivity index (χ0) is 12.1. The maximum absolute atomic E-state index is 13.4. The Labute approximate surface area is 92.4 Å². The molecule has 90 valence electrons. The quantitative estimate of drug-likeness (QED) is 0.843. The van der Waals surface area contributed by atoms with Crippen molar-refractivity contribution in [3.8, 4) is 0 Å². The Morgan fingerprint density at radius 2 is 1.81 bits per heavy atom. The summed E-state index contributed by atoms with van der Waals surface area (Å²) in [5, 5.41) is 2.87. The van der Waals surface area contributed by atoms with Crippen LogP contribution in [0.5, 0.6) is 0 Å². The Kier molecular flexibility index (Phi) is 4.76. The van der Waals surface area contributed by atoms with Crippen LogP contribution in [0.2, 0.25) is 0 Å². The number of hydrogen-bond donors (Lipinski definition) is 1. The average molecular weight is 233 g/mol. The van der Waals surface area contributed by atoms with Crippen molar-refractivity contribution in [2.75, 3.05) is 20.3 Å². The standard InChI is InChI=1S/C11H14F3NO/c1-3-15-10(6-16-2)11-8(13)4-7(12)5-9(11)14/h4-5,10,15H,3,6H2,1-2H3. The second kappa shape index (κ2) is 5.86. The van der Waals surface area contributed by atoms with Gasteiger partial charge in [0.05, 0.1) is 12.6 Å². The normalized spacial score (nSPS) is 12.8. The molecule has 1 aromatic rings. The van der Waals surface area contributed by atoms with Crippen molar-refractivity contribution in [3.05, 3.63) is 35.1 Å². The van der Waals surface area contributed by atoms with Gasteiger partial charge in [-0.2, -0.15) is 0 Å². The molecular formula is C11H14F3NO. The summed E-state index contributed by atoms with van der Waals surface area (Å²) in [7, 11) is 1.43. The zero-order valence-electron chi connectivity index (χ0n) is 9.19. The molecule has 1 atom stereocenters. The summed E-state index contributed by atoms with van der Waals surface area (Å²) in [6, 6.07) is 0.715. The van der Waals surface area contributed by atoms with Crippen LogP contribution >= 0.6 is 0 Å². The highest BCUT2D eigenvalue weighted by atomic mass is 19.1. The summed E-state index contributed by atoms with van der Waals surface area (Å²) in [5.41, 5.74) is -0.190. The predicted octanol–water partition coefficient (Wildman–Crippen LogP) is 2.40. The van der Waals surface area contributed by atoms with Gasteiger partial charge in [0.25, 0.3) is 0 Å². The lowest BCUT2D eigenvalue weighted by molar-refractivity contribution is 0.164. The molecule has 0 aliphatic rings. The zero-order valence-corrected chi connectivity index (χ0v) is 9.19. The molecule has 0 radical (unpaired) electrons. The Morgan fingerprint density at radius 1 is 1.25 bits per heavy atom. The van der Waals surface area contributed by atoms with Crippen LogP contribution in [0.4, 0.5) is 13.2 Å². The van der Waals surface area contributed by atoms with E-state index < -0.39 is 23.5 Å². The van der Waals surface area contributed by atoms with Crippen molar-refractivity contribution in [2.45, 2.75) is 13.0 Å². The lowest BCUT2D eigenvalue weighted by Crippen LogP contribution is -2.27. The van der Waals surface area contributed by atoms with Crippen molar-refractivity contribution in [1.82, 2.24) is 5.32 Å². The van der Waals surface area contributed by atoms with Crippen LogP contribution in [-0.4, -0.2) is 20.3 Å². The molecule has 0 bridgehead atoms. The molecule has 1 aromatic carbocycles. The van der Waals surface area contributed by atoms with Crippen molar-refractivity contribution in [3.63, 3.8) is 0 Å². The van der Waals surface area contributed by atoms with Gasteiger partial charge in [-0.15, -0.1) is 0 Å². The van der Waals surface area contributed by atoms with Crippen molar-refractivity contribution < 1.29 is 17.9 Å². The lowest BCUT2D eigenvalue weighted by Gasteiger charge is -2.18. The van der Waals surface area contributed by atoms with Crippen LogP contribution in [0.25, 0.3) is 0 Å². The third-order valence-corrected chi connectivity index (χ3v) is 2.18. The van der Waals surface area contributed by atoms with E-state index in [2.05, 4.69) is 5.32 Å². The van der Waals surface area contributed by atoms with Gasteiger partial charge in [-0.1, -0.05) is 6.92 Å². The monoisotopic (exact) mass is 233 g/mol. The second-order valence-corrected chi connectivity index (χ2v) is 3.35. The third kappa shape index (κ3) is 2.96. The number of halogens is 3. The number of benzene rings is 1. The van der Waals surface area contributed by atoms with Crippen LogP contribution < -0.4 is 5.32 Å². The minimum Gasteiger partial charge on any atom is -0.383 e. The molecule has 5 heteroatoms. The van der Waals surface area contributed by atoms with Gasteiger partial charge in [0.1, 0.15) is 17.5 Å². The number of nitrogens with one attached hydrogen (secondary N) is 1. The summed E-state index contributed by atoms with van der Waals surface area (Å²) >= 11 is 0. The molecule has 1 unspecified atom stereocenters. The summed E-state index contributed by atoms with van der Waals surface area (Å²) < 4.78 is 44.4. The topological polar surface area (TPSA) is 21.3 Å². The Hall–Kier alpha value is -1.07. The van der Waals surface area contributed by atoms with Gasteiger partial charge in [0.2, 0.25) is 0 Å². The Morgan fingerprint density at radius 3 is 2.25 bits per heavy atom. The molecule has 0 spiro atoms. The fraction of sp³-hybridized carbons (Fsp3) is 0.455. The Balaban J connectivity index is 3.07. The molecule has 1 N–H and O–H groups in total. The van der Waals surface area contributed by atoms with E-state index in [1.54, 1.807) is 0 Å². The van der Waals surface area contributed by atoms with Crippen LogP contribution in [0.15, 0.2) is 12.1 Å². The molecule has 0 heterocycles. The highest BCUT2D eigenvalue weighted by Crippen LogP contribution is 2.22. The molecule has 0 saturated heterocycles. The van der Waals surface area contributed by atoms with Gasteiger partial charge in [-0.25, -0.2) is 13.2 Å². The van der Waals surface area contributed by atoms with E-state index in [1.165, 1.54) is 7.11 Å². The van der Waals surface area contributed by atoms with Crippen LogP contribution in [0, 0.1) is 17.5 Å². The fourth-order valence-corrected chi connectivity index (χ4v) is 1.54. The van der Waals surface area contributed by atoms with E-state index in [9.17, 15) is 13.2 Å². The first kappa shape index (κ1) is 13.0. The molecule has 0 aromatic heterocycles. The van der Waals surface area contributed by atoms with Crippen molar-refractivity contribution >= 4 is 0 Å². The minimum absolute atomic E-state index is 0.118. The van der Waals surface area contributed by atoms with E-state index >= 15 is 0 Å². The molecule has 0 amide bonds. The maximum atomic E-state index is 13.4. The lowest BCUT2D eigenvalue weighted by atomic mass is 10.1. The molecule has 16 heavy (non-hydrogen) atoms. The van der Waals surface area contributed by atoms with E-state index in [0.29, 0.717) is 18.7 Å². The van der Waals surface area contributed by atoms with Gasteiger partial charge in [0, 0.05) is 24.8 Å². The largest absolute Gasteiger partial charge is 0.383 e. The third-order valence-electron chi connectivity index (χ3n) is 2.18. The van der Waals surface area contributed by atoms with Crippen molar-refractivity contribution in [1.29, 1.82) is 0 Å². The van der Waals surface area contributed by atoms with E-state index in [0.717, 1.165) is 0 Å². The van der Waals surface area contributed by atoms with Gasteiger partial charge in [-0.05, 0) is 6.54 Å². The molecule has 0 aliphatic heterocycles. The van der Waals surface area contributed by atoms with E-state index in [1.807, 2.05) is 6.92 Å². The van der Waals surface area contributed by atoms with Gasteiger partial charge in [0.15, 0.2) is 0 Å². The summed E-state index contributed by atoms with van der Waals surface area (Å²) in [6.45, 7) is 2.46. The van der Waals surface area contributed by atoms with Crippen molar-refractivity contribution in [2.24, 2.45) is 0 Å². The van der Waals surface area contributed by atoms with Crippen LogP contribution in [0.1, 0.15) is 18.5 Å². The molecule has 2 nitrogen and oxygen atoms in total. The molecule has 0 aliphatic carbocycles. The van der Waals surface area contributed by atoms with Crippen LogP contribution in [-0.2, 0) is 4.74 Å². The summed E-state index contributed by atoms with van der Waals surface area (Å²) in [4.78, 5) is 0. The first-order valence-corrected chi connectivity index (χ1v) is 4.96. The second-order valence-electron chi connectivity index (χ2n) is 3.35. The summed E-state index contributed by atoms with van der Waals surface area (Å²) in [6.07, 6.45) is 0. The highest BCUT2D eigenvalue weighted by molar-refractivity contribution is 5.24. The number of methoxy groups -OCH3 is 1. The molecule has 0 saturated carbocycles. The Bertz CT molecular complexity index is 328. The fourth-order valence-electron chi connectivity index (χ4n) is 1.54. The number of likely N-dealkylation sites (N-methyl/N-ethyl adjacent to an activating group) is 1. The van der Waals surface area contributed by atoms with Crippen LogP contribution in [0.3, 0.4) is 0 Å². The summed E-state index contributed by atoms with van der Waals surface area (Å²) in [5.74, 6) is -2.73. The predicted molar refractivity (Wildman–Crippen MR) is 54.6 cm³/mol.